The lowest BCUT2D eigenvalue weighted by Gasteiger charge is -2.25. The Morgan fingerprint density at radius 2 is 1.89 bits per heavy atom. The number of ether oxygens (including phenoxy) is 1. The molecule has 0 aliphatic heterocycles. The second-order valence-corrected chi connectivity index (χ2v) is 4.86. The largest absolute Gasteiger partial charge is 0.469 e. The maximum absolute atomic E-state index is 11.8. The van der Waals surface area contributed by atoms with E-state index in [1.54, 1.807) is 13.8 Å². The van der Waals surface area contributed by atoms with Crippen molar-refractivity contribution < 1.29 is 14.3 Å². The molecule has 0 heterocycles. The molecule has 5 nitrogen and oxygen atoms in total. The summed E-state index contributed by atoms with van der Waals surface area (Å²) >= 11 is 0. The molecule has 1 aromatic rings. The van der Waals surface area contributed by atoms with Gasteiger partial charge in [-0.05, 0) is 19.4 Å². The fourth-order valence-corrected chi connectivity index (χ4v) is 1.61. The molecule has 19 heavy (non-hydrogen) atoms. The van der Waals surface area contributed by atoms with Crippen LogP contribution in [0.15, 0.2) is 30.3 Å². The van der Waals surface area contributed by atoms with E-state index in [0.717, 1.165) is 5.56 Å². The molecule has 0 spiro atoms. The number of amides is 1. The van der Waals surface area contributed by atoms with E-state index in [2.05, 4.69) is 5.32 Å². The molecule has 1 rings (SSSR count). The van der Waals surface area contributed by atoms with E-state index in [1.807, 2.05) is 30.3 Å². The fourth-order valence-electron chi connectivity index (χ4n) is 1.61. The van der Waals surface area contributed by atoms with E-state index >= 15 is 0 Å². The van der Waals surface area contributed by atoms with Crippen LogP contribution in [0, 0.1) is 0 Å². The number of esters is 1. The molecule has 0 saturated carbocycles. The smallest absolute Gasteiger partial charge is 0.314 e. The van der Waals surface area contributed by atoms with Crippen LogP contribution in [0.25, 0.3) is 0 Å². The summed E-state index contributed by atoms with van der Waals surface area (Å²) in [6.45, 7) is 3.63. The van der Waals surface area contributed by atoms with Gasteiger partial charge in [0.25, 0.3) is 0 Å². The summed E-state index contributed by atoms with van der Waals surface area (Å²) in [5.74, 6) is -1.28. The van der Waals surface area contributed by atoms with Crippen molar-refractivity contribution in [1.82, 2.24) is 5.32 Å². The third-order valence-electron chi connectivity index (χ3n) is 3.05. The summed E-state index contributed by atoms with van der Waals surface area (Å²) in [4.78, 5) is 23.1. The zero-order valence-corrected chi connectivity index (χ0v) is 11.5. The number of rotatable bonds is 6. The maximum atomic E-state index is 11.8. The molecule has 0 aliphatic rings. The van der Waals surface area contributed by atoms with Crippen LogP contribution < -0.4 is 11.1 Å². The molecule has 0 fully saturated rings. The first-order valence-corrected chi connectivity index (χ1v) is 6.06. The number of methoxy groups -OCH3 is 1. The molecule has 0 saturated heterocycles. The summed E-state index contributed by atoms with van der Waals surface area (Å²) in [5, 5.41) is 3.00. The highest BCUT2D eigenvalue weighted by Crippen LogP contribution is 2.17. The third-order valence-corrected chi connectivity index (χ3v) is 3.05. The van der Waals surface area contributed by atoms with Gasteiger partial charge in [-0.15, -0.1) is 0 Å². The van der Waals surface area contributed by atoms with Crippen molar-refractivity contribution in [3.05, 3.63) is 35.9 Å². The van der Waals surface area contributed by atoms with Crippen LogP contribution in [0.2, 0.25) is 0 Å². The van der Waals surface area contributed by atoms with Crippen molar-refractivity contribution in [2.24, 2.45) is 5.73 Å². The van der Waals surface area contributed by atoms with Crippen molar-refractivity contribution in [3.63, 3.8) is 0 Å². The molecule has 1 unspecified atom stereocenters. The lowest BCUT2D eigenvalue weighted by atomic mass is 9.97. The van der Waals surface area contributed by atoms with E-state index in [9.17, 15) is 9.59 Å². The average molecular weight is 264 g/mol. The Balaban J connectivity index is 2.83. The van der Waals surface area contributed by atoms with E-state index < -0.39 is 17.4 Å². The standard InChI is InChI=1S/C14H20N2O3/c1-14(2,13(15)18)16-9-11(12(17)19-3)10-7-5-4-6-8-10/h4-8,11,16H,9H2,1-3H3,(H2,15,18). The van der Waals surface area contributed by atoms with Gasteiger partial charge in [0.1, 0.15) is 0 Å². The second-order valence-electron chi connectivity index (χ2n) is 4.86. The number of primary amides is 1. The number of benzene rings is 1. The van der Waals surface area contributed by atoms with Crippen LogP contribution >= 0.6 is 0 Å². The molecule has 0 radical (unpaired) electrons. The van der Waals surface area contributed by atoms with Crippen molar-refractivity contribution >= 4 is 11.9 Å². The van der Waals surface area contributed by atoms with E-state index in [-0.39, 0.29) is 12.5 Å². The molecular weight excluding hydrogens is 244 g/mol. The Morgan fingerprint density at radius 3 is 2.37 bits per heavy atom. The van der Waals surface area contributed by atoms with E-state index in [0.29, 0.717) is 0 Å². The first-order valence-electron chi connectivity index (χ1n) is 6.06. The normalized spacial score (nSPS) is 12.8. The minimum absolute atomic E-state index is 0.284. The number of hydrogen-bond acceptors (Lipinski definition) is 4. The minimum atomic E-state index is -0.874. The van der Waals surface area contributed by atoms with Gasteiger partial charge >= 0.3 is 5.97 Å². The molecule has 1 aromatic carbocycles. The number of carbonyl (C=O) groups is 2. The number of nitrogens with two attached hydrogens (primary N) is 1. The van der Waals surface area contributed by atoms with Crippen molar-refractivity contribution in [2.45, 2.75) is 25.3 Å². The monoisotopic (exact) mass is 264 g/mol. The predicted molar refractivity (Wildman–Crippen MR) is 72.5 cm³/mol. The molecule has 1 amide bonds. The van der Waals surface area contributed by atoms with Crippen LogP contribution in [-0.4, -0.2) is 31.1 Å². The summed E-state index contributed by atoms with van der Waals surface area (Å²) < 4.78 is 4.80. The van der Waals surface area contributed by atoms with Gasteiger partial charge in [0.05, 0.1) is 18.6 Å². The summed E-state index contributed by atoms with van der Waals surface area (Å²) in [5.41, 5.74) is 5.25. The SMILES string of the molecule is COC(=O)C(CNC(C)(C)C(N)=O)c1ccccc1. The van der Waals surface area contributed by atoms with Gasteiger partial charge in [-0.2, -0.15) is 0 Å². The Hall–Kier alpha value is -1.88. The quantitative estimate of drug-likeness (QED) is 0.745. The molecule has 1 atom stereocenters. The van der Waals surface area contributed by atoms with Crippen LogP contribution in [0.4, 0.5) is 0 Å². The van der Waals surface area contributed by atoms with Crippen LogP contribution in [-0.2, 0) is 14.3 Å². The van der Waals surface area contributed by atoms with Gasteiger partial charge in [-0.1, -0.05) is 30.3 Å². The highest BCUT2D eigenvalue weighted by atomic mass is 16.5. The number of hydrogen-bond donors (Lipinski definition) is 2. The Kier molecular flexibility index (Phi) is 5.06. The van der Waals surface area contributed by atoms with Crippen LogP contribution in [0.5, 0.6) is 0 Å². The lowest BCUT2D eigenvalue weighted by molar-refractivity contribution is -0.142. The molecule has 0 aromatic heterocycles. The van der Waals surface area contributed by atoms with Crippen LogP contribution in [0.1, 0.15) is 25.3 Å². The Bertz CT molecular complexity index is 443. The number of carbonyl (C=O) groups excluding carboxylic acids is 2. The topological polar surface area (TPSA) is 81.4 Å². The van der Waals surface area contributed by atoms with E-state index in [1.165, 1.54) is 7.11 Å². The van der Waals surface area contributed by atoms with Crippen molar-refractivity contribution in [1.29, 1.82) is 0 Å². The first kappa shape index (κ1) is 15.2. The highest BCUT2D eigenvalue weighted by Gasteiger charge is 2.28. The van der Waals surface area contributed by atoms with Gasteiger partial charge in [0, 0.05) is 6.54 Å². The first-order chi connectivity index (χ1) is 8.88. The predicted octanol–water partition coefficient (Wildman–Crippen LogP) is 0.797. The van der Waals surface area contributed by atoms with Crippen LogP contribution in [0.3, 0.4) is 0 Å². The van der Waals surface area contributed by atoms with Gasteiger partial charge in [-0.3, -0.25) is 9.59 Å². The zero-order chi connectivity index (χ0) is 14.5. The van der Waals surface area contributed by atoms with Gasteiger partial charge < -0.3 is 15.8 Å². The molecule has 3 N–H and O–H groups in total. The van der Waals surface area contributed by atoms with Gasteiger partial charge in [0.2, 0.25) is 5.91 Å². The fraction of sp³-hybridized carbons (Fsp3) is 0.429. The highest BCUT2D eigenvalue weighted by molar-refractivity contribution is 5.84. The minimum Gasteiger partial charge on any atom is -0.469 e. The Labute approximate surface area is 113 Å². The average Bonchev–Trinajstić information content (AvgIpc) is 2.39. The summed E-state index contributed by atoms with van der Waals surface area (Å²) in [6, 6.07) is 9.27. The number of nitrogens with one attached hydrogen (secondary N) is 1. The second kappa shape index (κ2) is 6.33. The van der Waals surface area contributed by atoms with Gasteiger partial charge in [-0.25, -0.2) is 0 Å². The third kappa shape index (κ3) is 4.06. The molecular formula is C14H20N2O3. The zero-order valence-electron chi connectivity index (χ0n) is 11.5. The Morgan fingerprint density at radius 1 is 1.32 bits per heavy atom. The molecule has 0 aliphatic carbocycles. The molecule has 0 bridgehead atoms. The summed E-state index contributed by atoms with van der Waals surface area (Å²) in [6.07, 6.45) is 0. The maximum Gasteiger partial charge on any atom is 0.314 e. The lowest BCUT2D eigenvalue weighted by Crippen LogP contribution is -2.52. The molecule has 5 heteroatoms. The van der Waals surface area contributed by atoms with Crippen molar-refractivity contribution in [3.8, 4) is 0 Å². The molecule has 104 valence electrons. The van der Waals surface area contributed by atoms with Gasteiger partial charge in [0.15, 0.2) is 0 Å². The summed E-state index contributed by atoms with van der Waals surface area (Å²) in [7, 11) is 1.34. The van der Waals surface area contributed by atoms with Crippen molar-refractivity contribution in [2.75, 3.05) is 13.7 Å². The van der Waals surface area contributed by atoms with E-state index in [4.69, 9.17) is 10.5 Å².